The van der Waals surface area contributed by atoms with Crippen molar-refractivity contribution in [1.29, 1.82) is 0 Å². The lowest BCUT2D eigenvalue weighted by atomic mass is 9.98. The number of rotatable bonds is 8. The molecule has 10 aromatic rings. The van der Waals surface area contributed by atoms with Gasteiger partial charge in [-0.25, -0.2) is 0 Å². The molecule has 0 amide bonds. The molecular weight excluding hydrogens is 677 g/mol. The van der Waals surface area contributed by atoms with Gasteiger partial charge in [-0.2, -0.15) is 0 Å². The van der Waals surface area contributed by atoms with Gasteiger partial charge in [-0.1, -0.05) is 170 Å². The highest BCUT2D eigenvalue weighted by atomic mass is 15.1. The monoisotopic (exact) mass is 714 g/mol. The predicted molar refractivity (Wildman–Crippen MR) is 237 cm³/mol. The van der Waals surface area contributed by atoms with Crippen LogP contribution in [0.1, 0.15) is 0 Å². The lowest BCUT2D eigenvalue weighted by Gasteiger charge is -2.27. The summed E-state index contributed by atoms with van der Waals surface area (Å²) in [5.41, 5.74) is 16.3. The van der Waals surface area contributed by atoms with Gasteiger partial charge in [-0.3, -0.25) is 0 Å². The van der Waals surface area contributed by atoms with E-state index in [1.165, 1.54) is 55.3 Å². The third-order valence-corrected chi connectivity index (χ3v) is 10.8. The zero-order chi connectivity index (χ0) is 37.3. The fraction of sp³-hybridized carbons (Fsp3) is 0. The second-order valence-corrected chi connectivity index (χ2v) is 14.2. The molecule has 0 fully saturated rings. The van der Waals surface area contributed by atoms with Crippen molar-refractivity contribution in [3.05, 3.63) is 231 Å². The fourth-order valence-electron chi connectivity index (χ4n) is 8.09. The number of fused-ring (bicyclic) bond motifs is 3. The molecule has 56 heavy (non-hydrogen) atoms. The Balaban J connectivity index is 1.20. The molecule has 0 atom stereocenters. The second-order valence-electron chi connectivity index (χ2n) is 14.2. The van der Waals surface area contributed by atoms with Crippen molar-refractivity contribution in [3.8, 4) is 50.2 Å². The summed E-state index contributed by atoms with van der Waals surface area (Å²) in [6, 6.07) is 83.1. The van der Waals surface area contributed by atoms with Gasteiger partial charge in [0.05, 0.1) is 16.7 Å². The molecule has 2 nitrogen and oxygen atoms in total. The molecule has 264 valence electrons. The van der Waals surface area contributed by atoms with E-state index in [-0.39, 0.29) is 0 Å². The Bertz CT molecular complexity index is 2770. The van der Waals surface area contributed by atoms with Crippen LogP contribution in [0.2, 0.25) is 0 Å². The quantitative estimate of drug-likeness (QED) is 0.152. The molecule has 10 rings (SSSR count). The Kier molecular flexibility index (Phi) is 8.55. The van der Waals surface area contributed by atoms with Crippen molar-refractivity contribution < 1.29 is 0 Å². The smallest absolute Gasteiger partial charge is 0.0562 e. The molecule has 0 aliphatic heterocycles. The molecule has 0 saturated heterocycles. The summed E-state index contributed by atoms with van der Waals surface area (Å²) >= 11 is 0. The van der Waals surface area contributed by atoms with Crippen LogP contribution in [0.5, 0.6) is 0 Å². The van der Waals surface area contributed by atoms with Crippen molar-refractivity contribution in [2.75, 3.05) is 4.90 Å². The van der Waals surface area contributed by atoms with Crippen LogP contribution in [-0.2, 0) is 0 Å². The average molecular weight is 715 g/mol. The molecule has 0 N–H and O–H groups in total. The number of hydrogen-bond donors (Lipinski definition) is 0. The van der Waals surface area contributed by atoms with Gasteiger partial charge >= 0.3 is 0 Å². The van der Waals surface area contributed by atoms with Gasteiger partial charge in [-0.15, -0.1) is 0 Å². The van der Waals surface area contributed by atoms with Crippen molar-refractivity contribution in [1.82, 2.24) is 4.57 Å². The van der Waals surface area contributed by atoms with Gasteiger partial charge in [0.25, 0.3) is 0 Å². The summed E-state index contributed by atoms with van der Waals surface area (Å²) in [6.45, 7) is 0. The minimum atomic E-state index is 1.10. The van der Waals surface area contributed by atoms with Crippen LogP contribution in [0.15, 0.2) is 231 Å². The number of hydrogen-bond acceptors (Lipinski definition) is 1. The molecule has 0 aliphatic carbocycles. The Labute approximate surface area is 327 Å². The van der Waals surface area contributed by atoms with E-state index in [1.54, 1.807) is 0 Å². The largest absolute Gasteiger partial charge is 0.310 e. The molecule has 1 aromatic heterocycles. The first kappa shape index (κ1) is 33.2. The number of aromatic nitrogens is 1. The van der Waals surface area contributed by atoms with Crippen LogP contribution in [0.25, 0.3) is 72.0 Å². The van der Waals surface area contributed by atoms with E-state index in [9.17, 15) is 0 Å². The fourth-order valence-corrected chi connectivity index (χ4v) is 8.09. The van der Waals surface area contributed by atoms with Crippen molar-refractivity contribution in [2.45, 2.75) is 0 Å². The maximum atomic E-state index is 2.45. The van der Waals surface area contributed by atoms with E-state index in [2.05, 4.69) is 240 Å². The second kappa shape index (κ2) is 14.4. The van der Waals surface area contributed by atoms with Crippen LogP contribution in [0.3, 0.4) is 0 Å². The molecule has 0 radical (unpaired) electrons. The summed E-state index contributed by atoms with van der Waals surface area (Å²) in [5, 5.41) is 2.41. The topological polar surface area (TPSA) is 8.17 Å². The van der Waals surface area contributed by atoms with Crippen LogP contribution in [-0.4, -0.2) is 4.57 Å². The average Bonchev–Trinajstić information content (AvgIpc) is 3.63. The van der Waals surface area contributed by atoms with E-state index in [1.807, 2.05) is 0 Å². The van der Waals surface area contributed by atoms with Gasteiger partial charge in [0, 0.05) is 27.8 Å². The highest BCUT2D eigenvalue weighted by Crippen LogP contribution is 2.45. The van der Waals surface area contributed by atoms with Crippen LogP contribution in [0, 0.1) is 0 Å². The van der Waals surface area contributed by atoms with Crippen molar-refractivity contribution in [3.63, 3.8) is 0 Å². The number of para-hydroxylation sites is 1. The molecule has 0 spiro atoms. The third kappa shape index (κ3) is 6.14. The third-order valence-electron chi connectivity index (χ3n) is 10.8. The molecule has 0 bridgehead atoms. The summed E-state index contributed by atoms with van der Waals surface area (Å²) < 4.78 is 2.45. The van der Waals surface area contributed by atoms with Gasteiger partial charge in [0.1, 0.15) is 0 Å². The lowest BCUT2D eigenvalue weighted by Crippen LogP contribution is -2.10. The zero-order valence-electron chi connectivity index (χ0n) is 30.8. The Morgan fingerprint density at radius 1 is 0.286 bits per heavy atom. The first-order valence-electron chi connectivity index (χ1n) is 19.2. The number of benzene rings is 9. The van der Waals surface area contributed by atoms with E-state index in [0.717, 1.165) is 33.8 Å². The van der Waals surface area contributed by atoms with Crippen LogP contribution in [0.4, 0.5) is 17.1 Å². The molecule has 1 heterocycles. The number of nitrogens with zero attached hydrogens (tertiary/aromatic N) is 2. The lowest BCUT2D eigenvalue weighted by molar-refractivity contribution is 1.18. The first-order valence-corrected chi connectivity index (χ1v) is 19.2. The highest BCUT2D eigenvalue weighted by molar-refractivity contribution is 6.16. The summed E-state index contributed by atoms with van der Waals surface area (Å²) in [5.74, 6) is 0. The highest BCUT2D eigenvalue weighted by Gasteiger charge is 2.22. The first-order chi connectivity index (χ1) is 27.8. The van der Waals surface area contributed by atoms with Gasteiger partial charge < -0.3 is 9.47 Å². The van der Waals surface area contributed by atoms with Gasteiger partial charge in [0.15, 0.2) is 0 Å². The van der Waals surface area contributed by atoms with Crippen LogP contribution < -0.4 is 4.90 Å². The normalized spacial score (nSPS) is 11.2. The van der Waals surface area contributed by atoms with E-state index < -0.39 is 0 Å². The molecular formula is C54H38N2. The molecule has 0 unspecified atom stereocenters. The Morgan fingerprint density at radius 3 is 1.16 bits per heavy atom. The minimum absolute atomic E-state index is 1.10. The Hall–Kier alpha value is -7.42. The molecule has 0 aliphatic rings. The maximum absolute atomic E-state index is 2.45. The molecule has 0 saturated carbocycles. The van der Waals surface area contributed by atoms with Gasteiger partial charge in [-0.05, 0) is 105 Å². The molecule has 9 aromatic carbocycles. The summed E-state index contributed by atoms with van der Waals surface area (Å²) in [4.78, 5) is 2.42. The minimum Gasteiger partial charge on any atom is -0.310 e. The van der Waals surface area contributed by atoms with E-state index in [0.29, 0.717) is 0 Å². The maximum Gasteiger partial charge on any atom is 0.0562 e. The Morgan fingerprint density at radius 2 is 0.679 bits per heavy atom. The number of anilines is 3. The predicted octanol–water partition coefficient (Wildman–Crippen LogP) is 14.9. The summed E-state index contributed by atoms with van der Waals surface area (Å²) in [7, 11) is 0. The molecule has 2 heteroatoms. The zero-order valence-corrected chi connectivity index (χ0v) is 30.8. The van der Waals surface area contributed by atoms with E-state index in [4.69, 9.17) is 0 Å². The van der Waals surface area contributed by atoms with E-state index >= 15 is 0 Å². The van der Waals surface area contributed by atoms with Gasteiger partial charge in [0.2, 0.25) is 0 Å². The summed E-state index contributed by atoms with van der Waals surface area (Å²) in [6.07, 6.45) is 0. The standard InChI is InChI=1S/C54H38N2/c1-5-16-39(17-6-1)43-28-32-47(33-29-43)55(48-34-30-44(31-35-48)40-18-7-2-8-19-40)52-26-15-27-53-54(52)50-24-13-14-25-51(50)56(53)49-37-45(41-20-9-3-10-21-41)36-46(38-49)42-22-11-4-12-23-42/h1-38H. The van der Waals surface area contributed by atoms with Crippen LogP contribution >= 0.6 is 0 Å². The SMILES string of the molecule is c1ccc(-c2ccc(N(c3ccc(-c4ccccc4)cc3)c3cccc4c3c3ccccc3n4-c3cc(-c4ccccc4)cc(-c4ccccc4)c3)cc2)cc1. The van der Waals surface area contributed by atoms with Crippen molar-refractivity contribution in [2.24, 2.45) is 0 Å². The van der Waals surface area contributed by atoms with Crippen molar-refractivity contribution >= 4 is 38.9 Å².